The topological polar surface area (TPSA) is 64.3 Å². The number of nitrogens with one attached hydrogen (secondary N) is 1. The van der Waals surface area contributed by atoms with E-state index in [0.29, 0.717) is 18.0 Å². The van der Waals surface area contributed by atoms with Gasteiger partial charge in [0.15, 0.2) is 0 Å². The van der Waals surface area contributed by atoms with Gasteiger partial charge in [-0.2, -0.15) is 0 Å². The molecule has 1 amide bonds. The fraction of sp³-hybridized carbons (Fsp3) is 0.500. The summed E-state index contributed by atoms with van der Waals surface area (Å²) in [6.07, 6.45) is 0.798. The fourth-order valence-electron chi connectivity index (χ4n) is 1.51. The van der Waals surface area contributed by atoms with Crippen molar-refractivity contribution >= 4 is 17.2 Å². The van der Waals surface area contributed by atoms with Crippen LogP contribution in [0, 0.1) is 18.8 Å². The zero-order valence-corrected chi connectivity index (χ0v) is 12.4. The highest BCUT2D eigenvalue weighted by atomic mass is 32.1. The Hall–Kier alpha value is -1.35. The molecule has 104 valence electrons. The minimum Gasteiger partial charge on any atom is -0.385 e. The van der Waals surface area contributed by atoms with Crippen molar-refractivity contribution < 1.29 is 9.53 Å². The number of carbonyl (C=O) groups is 1. The van der Waals surface area contributed by atoms with Crippen LogP contribution in [0.3, 0.4) is 0 Å². The molecule has 0 aliphatic heterocycles. The number of carbonyl (C=O) groups excluding carboxylic acids is 1. The minimum absolute atomic E-state index is 0.0579. The molecule has 0 bridgehead atoms. The van der Waals surface area contributed by atoms with E-state index in [1.807, 2.05) is 19.9 Å². The molecule has 0 spiro atoms. The summed E-state index contributed by atoms with van der Waals surface area (Å²) < 4.78 is 4.99. The Morgan fingerprint density at radius 2 is 2.37 bits per heavy atom. The van der Waals surface area contributed by atoms with Gasteiger partial charge in [-0.25, -0.2) is 0 Å². The molecule has 4 nitrogen and oxygen atoms in total. The van der Waals surface area contributed by atoms with Gasteiger partial charge in [0.1, 0.15) is 0 Å². The molecule has 0 aromatic carbocycles. The molecule has 1 atom stereocenters. The first-order chi connectivity index (χ1) is 9.08. The van der Waals surface area contributed by atoms with E-state index in [4.69, 9.17) is 10.5 Å². The summed E-state index contributed by atoms with van der Waals surface area (Å²) in [6, 6.07) is 1.96. The predicted molar refractivity (Wildman–Crippen MR) is 78.4 cm³/mol. The number of methoxy groups -OCH3 is 1. The Morgan fingerprint density at radius 3 is 3.00 bits per heavy atom. The highest BCUT2D eigenvalue weighted by Gasteiger charge is 2.13. The third kappa shape index (κ3) is 5.03. The number of hydrogen-bond donors (Lipinski definition) is 2. The van der Waals surface area contributed by atoms with Crippen LogP contribution in [0.15, 0.2) is 6.07 Å². The Bertz CT molecular complexity index is 485. The van der Waals surface area contributed by atoms with Gasteiger partial charge in [-0.3, -0.25) is 4.79 Å². The van der Waals surface area contributed by atoms with Crippen molar-refractivity contribution in [2.45, 2.75) is 26.3 Å². The lowest BCUT2D eigenvalue weighted by Gasteiger charge is -2.12. The molecule has 1 heterocycles. The van der Waals surface area contributed by atoms with Crippen molar-refractivity contribution in [1.29, 1.82) is 0 Å². The first kappa shape index (κ1) is 15.7. The van der Waals surface area contributed by atoms with Crippen LogP contribution in [0.25, 0.3) is 0 Å². The van der Waals surface area contributed by atoms with Crippen molar-refractivity contribution in [1.82, 2.24) is 5.32 Å². The average Bonchev–Trinajstić information content (AvgIpc) is 2.75. The normalized spacial score (nSPS) is 11.6. The summed E-state index contributed by atoms with van der Waals surface area (Å²) >= 11 is 1.40. The number of nitrogens with two attached hydrogens (primary N) is 1. The van der Waals surface area contributed by atoms with Crippen LogP contribution in [0.1, 0.15) is 33.5 Å². The lowest BCUT2D eigenvalue weighted by Crippen LogP contribution is -2.32. The molecule has 3 N–H and O–H groups in total. The van der Waals surface area contributed by atoms with Crippen molar-refractivity contribution in [2.24, 2.45) is 5.73 Å². The Kier molecular flexibility index (Phi) is 6.57. The van der Waals surface area contributed by atoms with Gasteiger partial charge in [0, 0.05) is 19.8 Å². The molecule has 1 aromatic rings. The number of aryl methyl sites for hydroxylation is 1. The van der Waals surface area contributed by atoms with E-state index >= 15 is 0 Å². The van der Waals surface area contributed by atoms with Gasteiger partial charge in [0.2, 0.25) is 0 Å². The van der Waals surface area contributed by atoms with E-state index in [1.165, 1.54) is 11.3 Å². The lowest BCUT2D eigenvalue weighted by atomic mass is 10.2. The quantitative estimate of drug-likeness (QED) is 0.804. The average molecular weight is 280 g/mol. The van der Waals surface area contributed by atoms with Gasteiger partial charge in [-0.05, 0) is 31.9 Å². The number of amides is 1. The van der Waals surface area contributed by atoms with E-state index in [9.17, 15) is 4.79 Å². The Balaban J connectivity index is 2.67. The van der Waals surface area contributed by atoms with Crippen LogP contribution < -0.4 is 11.1 Å². The second kappa shape index (κ2) is 7.95. The summed E-state index contributed by atoms with van der Waals surface area (Å²) in [7, 11) is 1.65. The fourth-order valence-corrected chi connectivity index (χ4v) is 2.46. The summed E-state index contributed by atoms with van der Waals surface area (Å²) in [6.45, 7) is 4.87. The van der Waals surface area contributed by atoms with Crippen LogP contribution in [0.5, 0.6) is 0 Å². The summed E-state index contributed by atoms with van der Waals surface area (Å²) in [5, 5.41) is 2.95. The zero-order chi connectivity index (χ0) is 14.3. The third-order valence-corrected chi connectivity index (χ3v) is 3.73. The number of rotatable bonds is 5. The maximum atomic E-state index is 12.0. The Labute approximate surface area is 118 Å². The van der Waals surface area contributed by atoms with Crippen molar-refractivity contribution in [2.75, 3.05) is 20.3 Å². The summed E-state index contributed by atoms with van der Waals surface area (Å²) in [4.78, 5) is 13.6. The van der Waals surface area contributed by atoms with Gasteiger partial charge in [0.05, 0.1) is 16.3 Å². The third-order valence-electron chi connectivity index (χ3n) is 2.58. The zero-order valence-electron chi connectivity index (χ0n) is 11.6. The molecule has 0 aliphatic carbocycles. The van der Waals surface area contributed by atoms with E-state index < -0.39 is 0 Å². The van der Waals surface area contributed by atoms with Crippen molar-refractivity contribution in [3.8, 4) is 11.8 Å². The summed E-state index contributed by atoms with van der Waals surface area (Å²) in [5.41, 5.74) is 6.36. The highest BCUT2D eigenvalue weighted by molar-refractivity contribution is 7.14. The molecule has 0 saturated heterocycles. The molecule has 0 radical (unpaired) electrons. The molecule has 1 unspecified atom stereocenters. The molecular formula is C14H20N2O2S. The number of hydrogen-bond acceptors (Lipinski definition) is 4. The van der Waals surface area contributed by atoms with Crippen molar-refractivity contribution in [3.63, 3.8) is 0 Å². The molecule has 1 rings (SSSR count). The predicted octanol–water partition coefficient (Wildman–Crippen LogP) is 1.52. The van der Waals surface area contributed by atoms with Crippen LogP contribution in [-0.4, -0.2) is 32.2 Å². The van der Waals surface area contributed by atoms with Crippen LogP contribution in [0.4, 0.5) is 0 Å². The van der Waals surface area contributed by atoms with Crippen LogP contribution in [-0.2, 0) is 4.74 Å². The standard InChI is InChI=1S/C14H20N2O2S/c1-10-9-13(19-12(10)5-4-7-15)14(17)16-11(2)6-8-18-3/h9,11H,6-8,15H2,1-3H3,(H,16,17). The van der Waals surface area contributed by atoms with E-state index in [2.05, 4.69) is 17.2 Å². The Morgan fingerprint density at radius 1 is 1.63 bits per heavy atom. The molecule has 0 fully saturated rings. The molecule has 1 aromatic heterocycles. The van der Waals surface area contributed by atoms with Gasteiger partial charge >= 0.3 is 0 Å². The van der Waals surface area contributed by atoms with E-state index in [1.54, 1.807) is 7.11 Å². The maximum absolute atomic E-state index is 12.0. The van der Waals surface area contributed by atoms with Gasteiger partial charge in [-0.1, -0.05) is 11.8 Å². The molecule has 19 heavy (non-hydrogen) atoms. The van der Waals surface area contributed by atoms with E-state index in [0.717, 1.165) is 16.9 Å². The maximum Gasteiger partial charge on any atom is 0.261 e. The second-order valence-corrected chi connectivity index (χ2v) is 5.34. The van der Waals surface area contributed by atoms with Gasteiger partial charge < -0.3 is 15.8 Å². The van der Waals surface area contributed by atoms with Gasteiger partial charge in [-0.15, -0.1) is 11.3 Å². The van der Waals surface area contributed by atoms with Crippen LogP contribution >= 0.6 is 11.3 Å². The monoisotopic (exact) mass is 280 g/mol. The smallest absolute Gasteiger partial charge is 0.261 e. The second-order valence-electron chi connectivity index (χ2n) is 4.28. The lowest BCUT2D eigenvalue weighted by molar-refractivity contribution is 0.0933. The van der Waals surface area contributed by atoms with Gasteiger partial charge in [0.25, 0.3) is 5.91 Å². The molecule has 0 aliphatic rings. The minimum atomic E-state index is -0.0579. The number of ether oxygens (including phenoxy) is 1. The highest BCUT2D eigenvalue weighted by Crippen LogP contribution is 2.21. The summed E-state index contributed by atoms with van der Waals surface area (Å²) in [5.74, 6) is 5.73. The van der Waals surface area contributed by atoms with E-state index in [-0.39, 0.29) is 11.9 Å². The first-order valence-electron chi connectivity index (χ1n) is 6.17. The van der Waals surface area contributed by atoms with Crippen LogP contribution in [0.2, 0.25) is 0 Å². The number of thiophene rings is 1. The first-order valence-corrected chi connectivity index (χ1v) is 6.99. The molecule has 5 heteroatoms. The SMILES string of the molecule is COCCC(C)NC(=O)c1cc(C)c(C#CCN)s1. The largest absolute Gasteiger partial charge is 0.385 e. The molecule has 0 saturated carbocycles. The molecular weight excluding hydrogens is 260 g/mol. The van der Waals surface area contributed by atoms with Crippen molar-refractivity contribution in [3.05, 3.63) is 21.4 Å².